The molecular formula is C57H37N5. The minimum absolute atomic E-state index is 0.572. The Morgan fingerprint density at radius 1 is 0.339 bits per heavy atom. The van der Waals surface area contributed by atoms with E-state index in [1.807, 2.05) is 36.4 Å². The van der Waals surface area contributed by atoms with Crippen molar-refractivity contribution in [3.8, 4) is 73.2 Å². The van der Waals surface area contributed by atoms with Gasteiger partial charge in [0, 0.05) is 43.7 Å². The number of benzene rings is 9. The zero-order chi connectivity index (χ0) is 41.0. The molecule has 12 rings (SSSR count). The highest BCUT2D eigenvalue weighted by Crippen LogP contribution is 2.44. The number of hydrogen-bond donors (Lipinski definition) is 1. The smallest absolute Gasteiger partial charge is 0.238 e. The molecule has 62 heavy (non-hydrogen) atoms. The van der Waals surface area contributed by atoms with Gasteiger partial charge in [0.1, 0.15) is 0 Å². The minimum atomic E-state index is 0.572. The van der Waals surface area contributed by atoms with Crippen LogP contribution in [0.3, 0.4) is 0 Å². The molecule has 0 atom stereocenters. The molecule has 290 valence electrons. The zero-order valence-electron chi connectivity index (χ0n) is 33.6. The van der Waals surface area contributed by atoms with E-state index in [-0.39, 0.29) is 0 Å². The molecule has 0 aliphatic heterocycles. The first-order valence-corrected chi connectivity index (χ1v) is 20.9. The summed E-state index contributed by atoms with van der Waals surface area (Å²) in [6.07, 6.45) is 0. The summed E-state index contributed by atoms with van der Waals surface area (Å²) >= 11 is 0. The molecule has 0 aliphatic rings. The third-order valence-electron chi connectivity index (χ3n) is 12.0. The van der Waals surface area contributed by atoms with Gasteiger partial charge in [0.15, 0.2) is 11.6 Å². The number of hydrogen-bond acceptors (Lipinski definition) is 3. The van der Waals surface area contributed by atoms with E-state index in [0.717, 1.165) is 60.3 Å². The fourth-order valence-electron chi connectivity index (χ4n) is 9.16. The molecule has 0 bridgehead atoms. The van der Waals surface area contributed by atoms with Crippen LogP contribution in [0.5, 0.6) is 0 Å². The van der Waals surface area contributed by atoms with Crippen LogP contribution in [0.1, 0.15) is 0 Å². The van der Waals surface area contributed by atoms with Crippen molar-refractivity contribution >= 4 is 43.6 Å². The van der Waals surface area contributed by atoms with Gasteiger partial charge in [-0.15, -0.1) is 0 Å². The number of nitrogens with one attached hydrogen (secondary N) is 1. The monoisotopic (exact) mass is 791 g/mol. The lowest BCUT2D eigenvalue weighted by Gasteiger charge is -2.17. The molecule has 5 heteroatoms. The van der Waals surface area contributed by atoms with E-state index in [1.54, 1.807) is 0 Å². The van der Waals surface area contributed by atoms with Gasteiger partial charge in [-0.05, 0) is 68.8 Å². The number of aromatic amines is 1. The molecule has 1 N–H and O–H groups in total. The normalized spacial score (nSPS) is 11.5. The Balaban J connectivity index is 1.08. The molecule has 3 heterocycles. The molecule has 0 saturated heterocycles. The van der Waals surface area contributed by atoms with Gasteiger partial charge >= 0.3 is 0 Å². The first-order valence-electron chi connectivity index (χ1n) is 20.9. The first-order chi connectivity index (χ1) is 30.7. The van der Waals surface area contributed by atoms with Crippen molar-refractivity contribution < 1.29 is 0 Å². The summed E-state index contributed by atoms with van der Waals surface area (Å²) in [4.78, 5) is 19.3. The lowest BCUT2D eigenvalue weighted by atomic mass is 9.86. The maximum atomic E-state index is 5.22. The SMILES string of the molecule is c1ccc(-c2cccc(-c3cccc(-c4ccc5c(c4)[nH]c4ccc6c7ccccc7n(-c7nc(-c8ccccc8)nc(-c8ccccc8)n7)c6c45)c3-c3ccccc3)c2)cc1. The van der Waals surface area contributed by atoms with Gasteiger partial charge in [0.2, 0.25) is 5.95 Å². The van der Waals surface area contributed by atoms with Crippen molar-refractivity contribution in [2.75, 3.05) is 0 Å². The molecule has 0 spiro atoms. The van der Waals surface area contributed by atoms with E-state index in [4.69, 9.17) is 15.0 Å². The van der Waals surface area contributed by atoms with Crippen molar-refractivity contribution in [2.45, 2.75) is 0 Å². The van der Waals surface area contributed by atoms with Crippen molar-refractivity contribution in [1.29, 1.82) is 0 Å². The molecule has 0 fully saturated rings. The van der Waals surface area contributed by atoms with E-state index in [0.29, 0.717) is 17.6 Å². The number of fused-ring (bicyclic) bond motifs is 7. The Kier molecular flexibility index (Phi) is 8.42. The number of aromatic nitrogens is 5. The van der Waals surface area contributed by atoms with Gasteiger partial charge in [-0.25, -0.2) is 4.98 Å². The van der Waals surface area contributed by atoms with Gasteiger partial charge in [0.05, 0.1) is 11.0 Å². The standard InChI is InChI=1S/C57H37N5/c1-5-17-37(18-6-1)41-25-15-26-42(35-41)44-28-16-29-45(52(44)38-19-7-2-8-20-38)43-31-32-48-50(36-43)58-49-34-33-47-46-27-13-14-30-51(46)62(54(47)53(48)49)57-60-55(39-21-9-3-10-22-39)59-56(61-57)40-23-11-4-12-24-40/h1-36,58H. The highest BCUT2D eigenvalue weighted by Gasteiger charge is 2.22. The molecule has 9 aromatic carbocycles. The van der Waals surface area contributed by atoms with Crippen LogP contribution in [0.4, 0.5) is 0 Å². The third kappa shape index (κ3) is 5.98. The van der Waals surface area contributed by atoms with Crippen LogP contribution in [0.25, 0.3) is 117 Å². The van der Waals surface area contributed by atoms with Crippen LogP contribution in [0.2, 0.25) is 0 Å². The third-order valence-corrected chi connectivity index (χ3v) is 12.0. The van der Waals surface area contributed by atoms with E-state index < -0.39 is 0 Å². The fourth-order valence-corrected chi connectivity index (χ4v) is 9.16. The Bertz CT molecular complexity index is 3550. The van der Waals surface area contributed by atoms with Crippen LogP contribution in [-0.2, 0) is 0 Å². The Morgan fingerprint density at radius 2 is 0.871 bits per heavy atom. The van der Waals surface area contributed by atoms with Crippen molar-refractivity contribution in [1.82, 2.24) is 24.5 Å². The van der Waals surface area contributed by atoms with Crippen LogP contribution in [0, 0.1) is 0 Å². The van der Waals surface area contributed by atoms with E-state index in [9.17, 15) is 0 Å². The zero-order valence-corrected chi connectivity index (χ0v) is 33.6. The van der Waals surface area contributed by atoms with Gasteiger partial charge in [-0.3, -0.25) is 4.57 Å². The lowest BCUT2D eigenvalue weighted by molar-refractivity contribution is 0.955. The topological polar surface area (TPSA) is 59.4 Å². The largest absolute Gasteiger partial charge is 0.354 e. The lowest BCUT2D eigenvalue weighted by Crippen LogP contribution is -2.06. The number of H-pyrrole nitrogens is 1. The average Bonchev–Trinajstić information content (AvgIpc) is 3.90. The highest BCUT2D eigenvalue weighted by molar-refractivity contribution is 6.25. The number of para-hydroxylation sites is 1. The molecule has 12 aromatic rings. The molecule has 0 radical (unpaired) electrons. The van der Waals surface area contributed by atoms with Crippen molar-refractivity contribution in [3.63, 3.8) is 0 Å². The Labute approximate surface area is 358 Å². The van der Waals surface area contributed by atoms with Crippen molar-refractivity contribution in [2.24, 2.45) is 0 Å². The summed E-state index contributed by atoms with van der Waals surface area (Å²) in [5, 5.41) is 4.53. The average molecular weight is 792 g/mol. The van der Waals surface area contributed by atoms with Crippen LogP contribution in [0.15, 0.2) is 218 Å². The van der Waals surface area contributed by atoms with Crippen molar-refractivity contribution in [3.05, 3.63) is 218 Å². The van der Waals surface area contributed by atoms with Gasteiger partial charge in [-0.1, -0.05) is 194 Å². The molecule has 3 aromatic heterocycles. The second-order valence-electron chi connectivity index (χ2n) is 15.7. The summed E-state index contributed by atoms with van der Waals surface area (Å²) in [5.74, 6) is 1.82. The van der Waals surface area contributed by atoms with E-state index in [2.05, 4.69) is 192 Å². The quantitative estimate of drug-likeness (QED) is 0.175. The maximum Gasteiger partial charge on any atom is 0.238 e. The Hall–Kier alpha value is -8.41. The molecule has 0 unspecified atom stereocenters. The minimum Gasteiger partial charge on any atom is -0.354 e. The maximum absolute atomic E-state index is 5.22. The second-order valence-corrected chi connectivity index (χ2v) is 15.7. The van der Waals surface area contributed by atoms with E-state index >= 15 is 0 Å². The van der Waals surface area contributed by atoms with Crippen LogP contribution < -0.4 is 0 Å². The predicted molar refractivity (Wildman–Crippen MR) is 256 cm³/mol. The van der Waals surface area contributed by atoms with Gasteiger partial charge in [0.25, 0.3) is 0 Å². The van der Waals surface area contributed by atoms with Crippen LogP contribution in [-0.4, -0.2) is 24.5 Å². The fraction of sp³-hybridized carbons (Fsp3) is 0. The first kappa shape index (κ1) is 35.5. The molecule has 0 saturated carbocycles. The van der Waals surface area contributed by atoms with Gasteiger partial charge < -0.3 is 4.98 Å². The summed E-state index contributed by atoms with van der Waals surface area (Å²) in [5.41, 5.74) is 15.5. The summed E-state index contributed by atoms with van der Waals surface area (Å²) in [6, 6.07) is 77.1. The molecular weight excluding hydrogens is 755 g/mol. The predicted octanol–water partition coefficient (Wildman–Crippen LogP) is 14.6. The van der Waals surface area contributed by atoms with E-state index in [1.165, 1.54) is 38.9 Å². The van der Waals surface area contributed by atoms with Gasteiger partial charge in [-0.2, -0.15) is 9.97 Å². The second kappa shape index (κ2) is 14.7. The summed E-state index contributed by atoms with van der Waals surface area (Å²) < 4.78 is 2.23. The number of rotatable bonds is 7. The molecule has 5 nitrogen and oxygen atoms in total. The molecule has 0 aliphatic carbocycles. The summed E-state index contributed by atoms with van der Waals surface area (Å²) in [6.45, 7) is 0. The number of nitrogens with zero attached hydrogens (tertiary/aromatic N) is 4. The molecule has 0 amide bonds. The van der Waals surface area contributed by atoms with Crippen LogP contribution >= 0.6 is 0 Å². The highest BCUT2D eigenvalue weighted by atomic mass is 15.2. The Morgan fingerprint density at radius 3 is 1.55 bits per heavy atom. The summed E-state index contributed by atoms with van der Waals surface area (Å²) in [7, 11) is 0.